The van der Waals surface area contributed by atoms with E-state index in [1.165, 1.54) is 20.5 Å². The molecule has 1 aromatic carbocycles. The molecule has 0 bridgehead atoms. The SMILES string of the molecule is CCc1c(Cl)cc(-c2csc(NC(=O)Cn3ccc4c3c(=O)[nH]c(=O)n4C)n2)cc1Cl. The van der Waals surface area contributed by atoms with Gasteiger partial charge >= 0.3 is 5.69 Å². The molecule has 3 aromatic heterocycles. The number of amides is 1. The van der Waals surface area contributed by atoms with Crippen molar-refractivity contribution in [1.82, 2.24) is 19.1 Å². The molecule has 0 atom stereocenters. The van der Waals surface area contributed by atoms with Crippen LogP contribution in [-0.4, -0.2) is 25.0 Å². The van der Waals surface area contributed by atoms with Crippen LogP contribution in [0.2, 0.25) is 10.0 Å². The predicted octanol–water partition coefficient (Wildman–Crippen LogP) is 3.66. The van der Waals surface area contributed by atoms with Gasteiger partial charge in [0.25, 0.3) is 5.56 Å². The number of nitrogens with zero attached hydrogens (tertiary/aromatic N) is 3. The van der Waals surface area contributed by atoms with Gasteiger partial charge in [0, 0.05) is 34.2 Å². The monoisotopic (exact) mass is 477 g/mol. The fraction of sp³-hybridized carbons (Fsp3) is 0.200. The van der Waals surface area contributed by atoms with E-state index in [-0.39, 0.29) is 18.0 Å². The zero-order valence-electron chi connectivity index (χ0n) is 16.5. The summed E-state index contributed by atoms with van der Waals surface area (Å²) in [6.07, 6.45) is 2.31. The van der Waals surface area contributed by atoms with Crippen molar-refractivity contribution in [3.8, 4) is 11.3 Å². The number of fused-ring (bicyclic) bond motifs is 1. The van der Waals surface area contributed by atoms with Crippen molar-refractivity contribution in [3.05, 3.63) is 66.2 Å². The molecule has 0 unspecified atom stereocenters. The summed E-state index contributed by atoms with van der Waals surface area (Å²) in [5.74, 6) is -0.357. The lowest BCUT2D eigenvalue weighted by molar-refractivity contribution is -0.116. The van der Waals surface area contributed by atoms with Gasteiger partial charge in [0.2, 0.25) is 5.91 Å². The van der Waals surface area contributed by atoms with E-state index in [0.29, 0.717) is 26.4 Å². The van der Waals surface area contributed by atoms with Gasteiger partial charge in [0.1, 0.15) is 12.1 Å². The van der Waals surface area contributed by atoms with Gasteiger partial charge in [-0.25, -0.2) is 9.78 Å². The number of aromatic nitrogens is 4. The second kappa shape index (κ2) is 8.33. The smallest absolute Gasteiger partial charge is 0.328 e. The van der Waals surface area contributed by atoms with Crippen LogP contribution in [0.15, 0.2) is 39.4 Å². The molecule has 0 radical (unpaired) electrons. The summed E-state index contributed by atoms with van der Waals surface area (Å²) in [6.45, 7) is 1.87. The largest absolute Gasteiger partial charge is 0.332 e. The minimum Gasteiger partial charge on any atom is -0.332 e. The number of carbonyl (C=O) groups is 1. The lowest BCUT2D eigenvalue weighted by atomic mass is 10.1. The number of rotatable bonds is 5. The Morgan fingerprint density at radius 1 is 1.26 bits per heavy atom. The average Bonchev–Trinajstić information content (AvgIpc) is 3.33. The van der Waals surface area contributed by atoms with Crippen LogP contribution in [0.3, 0.4) is 0 Å². The molecular formula is C20H17Cl2N5O3S. The highest BCUT2D eigenvalue weighted by atomic mass is 35.5. The number of hydrogen-bond acceptors (Lipinski definition) is 5. The molecule has 0 aliphatic carbocycles. The molecule has 11 heteroatoms. The highest BCUT2D eigenvalue weighted by molar-refractivity contribution is 7.14. The Morgan fingerprint density at radius 2 is 1.97 bits per heavy atom. The van der Waals surface area contributed by atoms with Crippen LogP contribution in [0.1, 0.15) is 12.5 Å². The molecule has 0 aliphatic rings. The molecule has 0 spiro atoms. The number of carbonyl (C=O) groups excluding carboxylic acids is 1. The van der Waals surface area contributed by atoms with Gasteiger partial charge in [0.15, 0.2) is 5.13 Å². The van der Waals surface area contributed by atoms with E-state index in [1.54, 1.807) is 36.8 Å². The second-order valence-corrected chi connectivity index (χ2v) is 8.53. The number of halogens is 2. The summed E-state index contributed by atoms with van der Waals surface area (Å²) in [5, 5.41) is 6.08. The first-order chi connectivity index (χ1) is 14.8. The Morgan fingerprint density at radius 3 is 2.65 bits per heavy atom. The molecule has 0 saturated carbocycles. The molecule has 4 rings (SSSR count). The first-order valence-electron chi connectivity index (χ1n) is 9.30. The summed E-state index contributed by atoms with van der Waals surface area (Å²) in [7, 11) is 1.55. The van der Waals surface area contributed by atoms with Crippen molar-refractivity contribution < 1.29 is 4.79 Å². The molecule has 0 fully saturated rings. The van der Waals surface area contributed by atoms with Gasteiger partial charge in [-0.3, -0.25) is 19.1 Å². The van der Waals surface area contributed by atoms with E-state index in [0.717, 1.165) is 17.5 Å². The molecule has 3 heterocycles. The molecule has 160 valence electrons. The number of aromatic amines is 1. The lowest BCUT2D eigenvalue weighted by Gasteiger charge is -2.07. The quantitative estimate of drug-likeness (QED) is 0.457. The Labute approximate surface area is 190 Å². The molecular weight excluding hydrogens is 461 g/mol. The molecule has 2 N–H and O–H groups in total. The van der Waals surface area contributed by atoms with Crippen molar-refractivity contribution in [3.63, 3.8) is 0 Å². The van der Waals surface area contributed by atoms with Crippen molar-refractivity contribution in [2.24, 2.45) is 7.05 Å². The van der Waals surface area contributed by atoms with E-state index < -0.39 is 11.2 Å². The Balaban J connectivity index is 1.54. The minimum absolute atomic E-state index is 0.109. The van der Waals surface area contributed by atoms with Crippen molar-refractivity contribution in [1.29, 1.82) is 0 Å². The Bertz CT molecular complexity index is 1410. The summed E-state index contributed by atoms with van der Waals surface area (Å²) < 4.78 is 2.80. The van der Waals surface area contributed by atoms with Crippen molar-refractivity contribution in [2.75, 3.05) is 5.32 Å². The predicted molar refractivity (Wildman–Crippen MR) is 123 cm³/mol. The van der Waals surface area contributed by atoms with Crippen molar-refractivity contribution in [2.45, 2.75) is 19.9 Å². The van der Waals surface area contributed by atoms with Gasteiger partial charge in [0.05, 0.1) is 11.2 Å². The summed E-state index contributed by atoms with van der Waals surface area (Å²) in [4.78, 5) is 43.1. The van der Waals surface area contributed by atoms with E-state index >= 15 is 0 Å². The molecule has 8 nitrogen and oxygen atoms in total. The molecule has 4 aromatic rings. The number of thiazole rings is 1. The van der Waals surface area contributed by atoms with E-state index in [4.69, 9.17) is 23.2 Å². The van der Waals surface area contributed by atoms with Crippen LogP contribution in [0.4, 0.5) is 5.13 Å². The summed E-state index contributed by atoms with van der Waals surface area (Å²) in [5.41, 5.74) is 1.92. The third-order valence-electron chi connectivity index (χ3n) is 4.90. The maximum Gasteiger partial charge on any atom is 0.328 e. The van der Waals surface area contributed by atoms with Gasteiger partial charge in [-0.05, 0) is 30.2 Å². The zero-order valence-corrected chi connectivity index (χ0v) is 18.9. The van der Waals surface area contributed by atoms with Gasteiger partial charge < -0.3 is 9.88 Å². The second-order valence-electron chi connectivity index (χ2n) is 6.85. The van der Waals surface area contributed by atoms with E-state index in [9.17, 15) is 14.4 Å². The summed E-state index contributed by atoms with van der Waals surface area (Å²) in [6, 6.07) is 5.22. The van der Waals surface area contributed by atoms with E-state index in [2.05, 4.69) is 15.3 Å². The topological polar surface area (TPSA) is 102 Å². The van der Waals surface area contributed by atoms with Gasteiger partial charge in [-0.15, -0.1) is 11.3 Å². The maximum atomic E-state index is 12.5. The van der Waals surface area contributed by atoms with Crippen LogP contribution in [0.5, 0.6) is 0 Å². The zero-order chi connectivity index (χ0) is 22.3. The third kappa shape index (κ3) is 4.04. The van der Waals surface area contributed by atoms with Crippen molar-refractivity contribution >= 4 is 56.6 Å². The summed E-state index contributed by atoms with van der Waals surface area (Å²) >= 11 is 13.9. The fourth-order valence-electron chi connectivity index (χ4n) is 3.33. The number of aryl methyl sites for hydroxylation is 1. The van der Waals surface area contributed by atoms with Crippen LogP contribution in [0, 0.1) is 0 Å². The van der Waals surface area contributed by atoms with Crippen LogP contribution >= 0.6 is 34.5 Å². The average molecular weight is 478 g/mol. The maximum absolute atomic E-state index is 12.5. The number of benzene rings is 1. The number of nitrogens with one attached hydrogen (secondary N) is 2. The molecule has 0 saturated heterocycles. The van der Waals surface area contributed by atoms with Gasteiger partial charge in [-0.1, -0.05) is 30.1 Å². The van der Waals surface area contributed by atoms with Crippen LogP contribution in [0.25, 0.3) is 22.3 Å². The van der Waals surface area contributed by atoms with Gasteiger partial charge in [-0.2, -0.15) is 0 Å². The molecule has 31 heavy (non-hydrogen) atoms. The molecule has 0 aliphatic heterocycles. The standard InChI is InChI=1S/C20H17Cl2N5O3S/c1-3-11-12(21)6-10(7-13(11)22)14-9-31-19(23-14)24-16(28)8-27-5-4-15-17(27)18(29)25-20(30)26(15)2/h4-7,9H,3,8H2,1-2H3,(H,23,24,28)(H,25,29,30). The first-order valence-corrected chi connectivity index (χ1v) is 10.9. The van der Waals surface area contributed by atoms with Crippen LogP contribution in [-0.2, 0) is 24.8 Å². The number of H-pyrrole nitrogens is 1. The Kier molecular flexibility index (Phi) is 5.74. The molecule has 1 amide bonds. The number of hydrogen-bond donors (Lipinski definition) is 2. The highest BCUT2D eigenvalue weighted by Gasteiger charge is 2.15. The van der Waals surface area contributed by atoms with E-state index in [1.807, 2.05) is 6.92 Å². The number of anilines is 1. The fourth-order valence-corrected chi connectivity index (χ4v) is 4.82. The normalized spacial score (nSPS) is 11.2. The first kappa shape index (κ1) is 21.4. The third-order valence-corrected chi connectivity index (χ3v) is 6.33. The minimum atomic E-state index is -0.545. The lowest BCUT2D eigenvalue weighted by Crippen LogP contribution is -2.29. The van der Waals surface area contributed by atoms with Crippen LogP contribution < -0.4 is 16.6 Å². The highest BCUT2D eigenvalue weighted by Crippen LogP contribution is 2.33. The Hall–Kier alpha value is -2.88.